The van der Waals surface area contributed by atoms with Gasteiger partial charge in [-0.2, -0.15) is 5.10 Å². The van der Waals surface area contributed by atoms with Gasteiger partial charge in [-0.25, -0.2) is 5.01 Å². The first-order valence-corrected chi connectivity index (χ1v) is 10.5. The minimum absolute atomic E-state index is 0.0234. The SMILES string of the molecule is Cc1ccc(-c2nnc(C(C)OC(=O)CCC(=O)N3CCC(c4ccccc4)=N3)o2)cc1. The number of ether oxygens (including phenoxy) is 1. The molecule has 0 saturated carbocycles. The maximum absolute atomic E-state index is 12.4. The number of nitrogens with zero attached hydrogens (tertiary/aromatic N) is 4. The van der Waals surface area contributed by atoms with Crippen LogP contribution in [0.3, 0.4) is 0 Å². The summed E-state index contributed by atoms with van der Waals surface area (Å²) in [6.07, 6.45) is -0.0407. The van der Waals surface area contributed by atoms with Crippen molar-refractivity contribution in [1.82, 2.24) is 15.2 Å². The average Bonchev–Trinajstić information content (AvgIpc) is 3.49. The molecular weight excluding hydrogens is 408 g/mol. The van der Waals surface area contributed by atoms with Gasteiger partial charge >= 0.3 is 5.97 Å². The van der Waals surface area contributed by atoms with Crippen LogP contribution in [0.2, 0.25) is 0 Å². The van der Waals surface area contributed by atoms with Gasteiger partial charge in [-0.05, 0) is 31.5 Å². The molecule has 0 fully saturated rings. The summed E-state index contributed by atoms with van der Waals surface area (Å²) in [5.74, 6) is -0.150. The Bertz CT molecular complexity index is 1120. The van der Waals surface area contributed by atoms with Gasteiger partial charge < -0.3 is 9.15 Å². The van der Waals surface area contributed by atoms with Gasteiger partial charge in [-0.15, -0.1) is 10.2 Å². The number of amides is 1. The fourth-order valence-electron chi connectivity index (χ4n) is 3.33. The third-order valence-electron chi connectivity index (χ3n) is 5.13. The zero-order valence-electron chi connectivity index (χ0n) is 18.0. The monoisotopic (exact) mass is 432 g/mol. The van der Waals surface area contributed by atoms with Gasteiger partial charge in [0.25, 0.3) is 5.89 Å². The number of aromatic nitrogens is 2. The molecule has 0 bridgehead atoms. The minimum atomic E-state index is -0.709. The van der Waals surface area contributed by atoms with Crippen molar-refractivity contribution in [2.75, 3.05) is 6.54 Å². The van der Waals surface area contributed by atoms with Gasteiger partial charge in [-0.1, -0.05) is 48.0 Å². The number of hydrazone groups is 1. The Morgan fingerprint density at radius 3 is 2.53 bits per heavy atom. The molecule has 8 nitrogen and oxygen atoms in total. The van der Waals surface area contributed by atoms with Crippen molar-refractivity contribution in [2.45, 2.75) is 39.2 Å². The second-order valence-electron chi connectivity index (χ2n) is 7.62. The zero-order chi connectivity index (χ0) is 22.5. The Morgan fingerprint density at radius 2 is 1.78 bits per heavy atom. The molecule has 0 spiro atoms. The maximum Gasteiger partial charge on any atom is 0.307 e. The molecule has 0 saturated heterocycles. The molecule has 1 unspecified atom stereocenters. The second kappa shape index (κ2) is 9.55. The first kappa shape index (κ1) is 21.4. The number of carbonyl (C=O) groups is 2. The highest BCUT2D eigenvalue weighted by Crippen LogP contribution is 2.23. The summed E-state index contributed by atoms with van der Waals surface area (Å²) in [6.45, 7) is 4.16. The van der Waals surface area contributed by atoms with Gasteiger partial charge in [0.2, 0.25) is 11.8 Å². The Labute approximate surface area is 185 Å². The molecule has 8 heteroatoms. The summed E-state index contributed by atoms with van der Waals surface area (Å²) in [4.78, 5) is 24.7. The quantitative estimate of drug-likeness (QED) is 0.522. The van der Waals surface area contributed by atoms with Crippen LogP contribution >= 0.6 is 0 Å². The van der Waals surface area contributed by atoms with E-state index in [4.69, 9.17) is 9.15 Å². The normalized spacial score (nSPS) is 14.2. The number of rotatable bonds is 7. The van der Waals surface area contributed by atoms with Crippen LogP contribution in [0, 0.1) is 6.92 Å². The standard InChI is InChI=1S/C24H24N4O4/c1-16-8-10-19(11-9-16)24-26-25-23(32-24)17(2)31-22(30)13-12-21(29)28-15-14-20(27-28)18-6-4-3-5-7-18/h3-11,17H,12-15H2,1-2H3. The first-order chi connectivity index (χ1) is 15.5. The van der Waals surface area contributed by atoms with Crippen molar-refractivity contribution in [2.24, 2.45) is 5.10 Å². The van der Waals surface area contributed by atoms with Gasteiger partial charge in [0.05, 0.1) is 18.7 Å². The van der Waals surface area contributed by atoms with E-state index in [1.807, 2.05) is 61.5 Å². The van der Waals surface area contributed by atoms with Crippen LogP contribution in [0.1, 0.15) is 49.3 Å². The van der Waals surface area contributed by atoms with E-state index in [1.54, 1.807) is 6.92 Å². The highest BCUT2D eigenvalue weighted by molar-refractivity contribution is 6.02. The first-order valence-electron chi connectivity index (χ1n) is 10.5. The number of esters is 1. The van der Waals surface area contributed by atoms with Gasteiger partial charge in [0.1, 0.15) is 0 Å². The van der Waals surface area contributed by atoms with E-state index in [1.165, 1.54) is 5.01 Å². The number of hydrogen-bond acceptors (Lipinski definition) is 7. The Kier molecular flexibility index (Phi) is 6.39. The van der Waals surface area contributed by atoms with Crippen molar-refractivity contribution in [1.29, 1.82) is 0 Å². The van der Waals surface area contributed by atoms with E-state index in [0.29, 0.717) is 18.9 Å². The van der Waals surface area contributed by atoms with Crippen molar-refractivity contribution in [3.05, 3.63) is 71.6 Å². The molecule has 1 atom stereocenters. The van der Waals surface area contributed by atoms with Crippen LogP contribution in [0.5, 0.6) is 0 Å². The third-order valence-corrected chi connectivity index (χ3v) is 5.13. The van der Waals surface area contributed by atoms with E-state index < -0.39 is 12.1 Å². The van der Waals surface area contributed by atoms with Crippen molar-refractivity contribution in [3.63, 3.8) is 0 Å². The minimum Gasteiger partial charge on any atom is -0.453 e. The van der Waals surface area contributed by atoms with E-state index in [-0.39, 0.29) is 24.6 Å². The zero-order valence-corrected chi connectivity index (χ0v) is 18.0. The molecule has 2 heterocycles. The fraction of sp³-hybridized carbons (Fsp3) is 0.292. The molecule has 0 radical (unpaired) electrons. The lowest BCUT2D eigenvalue weighted by Gasteiger charge is -2.12. The highest BCUT2D eigenvalue weighted by atomic mass is 16.6. The summed E-state index contributed by atoms with van der Waals surface area (Å²) in [5, 5.41) is 13.8. The van der Waals surface area contributed by atoms with Crippen molar-refractivity contribution < 1.29 is 18.7 Å². The highest BCUT2D eigenvalue weighted by Gasteiger charge is 2.24. The Hall–Kier alpha value is -3.81. The smallest absolute Gasteiger partial charge is 0.307 e. The number of hydrogen-bond donors (Lipinski definition) is 0. The van der Waals surface area contributed by atoms with Crippen molar-refractivity contribution >= 4 is 17.6 Å². The lowest BCUT2D eigenvalue weighted by atomic mass is 10.1. The Morgan fingerprint density at radius 1 is 1.03 bits per heavy atom. The molecular formula is C24H24N4O4. The van der Waals surface area contributed by atoms with E-state index in [2.05, 4.69) is 15.3 Å². The molecule has 1 aliphatic heterocycles. The molecule has 0 aliphatic carbocycles. The lowest BCUT2D eigenvalue weighted by Crippen LogP contribution is -2.24. The predicted octanol–water partition coefficient (Wildman–Crippen LogP) is 4.07. The molecule has 3 aromatic rings. The van der Waals surface area contributed by atoms with Crippen LogP contribution in [-0.4, -0.2) is 39.3 Å². The van der Waals surface area contributed by atoms with Crippen LogP contribution in [0.25, 0.3) is 11.5 Å². The molecule has 2 aromatic carbocycles. The van der Waals surface area contributed by atoms with Crippen LogP contribution in [-0.2, 0) is 14.3 Å². The summed E-state index contributed by atoms with van der Waals surface area (Å²) < 4.78 is 11.0. The average molecular weight is 432 g/mol. The number of aryl methyl sites for hydroxylation is 1. The molecule has 164 valence electrons. The summed E-state index contributed by atoms with van der Waals surface area (Å²) in [5.41, 5.74) is 3.79. The summed E-state index contributed by atoms with van der Waals surface area (Å²) >= 11 is 0. The van der Waals surface area contributed by atoms with E-state index in [0.717, 1.165) is 22.4 Å². The molecule has 4 rings (SSSR count). The van der Waals surface area contributed by atoms with Crippen molar-refractivity contribution in [3.8, 4) is 11.5 Å². The van der Waals surface area contributed by atoms with Gasteiger partial charge in [0, 0.05) is 18.4 Å². The summed E-state index contributed by atoms with van der Waals surface area (Å²) in [6, 6.07) is 17.4. The van der Waals surface area contributed by atoms with Gasteiger partial charge in [-0.3, -0.25) is 9.59 Å². The largest absolute Gasteiger partial charge is 0.453 e. The number of carbonyl (C=O) groups excluding carboxylic acids is 2. The summed E-state index contributed by atoms with van der Waals surface area (Å²) in [7, 11) is 0. The molecule has 1 aliphatic rings. The molecule has 1 aromatic heterocycles. The Balaban J connectivity index is 1.27. The predicted molar refractivity (Wildman–Crippen MR) is 118 cm³/mol. The van der Waals surface area contributed by atoms with Crippen LogP contribution in [0.15, 0.2) is 64.1 Å². The molecule has 0 N–H and O–H groups in total. The van der Waals surface area contributed by atoms with E-state index >= 15 is 0 Å². The van der Waals surface area contributed by atoms with E-state index in [9.17, 15) is 9.59 Å². The number of benzene rings is 2. The topological polar surface area (TPSA) is 97.9 Å². The van der Waals surface area contributed by atoms with Gasteiger partial charge in [0.15, 0.2) is 6.10 Å². The fourth-order valence-corrected chi connectivity index (χ4v) is 3.33. The molecule has 32 heavy (non-hydrogen) atoms. The molecule has 1 amide bonds. The lowest BCUT2D eigenvalue weighted by molar-refractivity contribution is -0.151. The third kappa shape index (κ3) is 5.08. The van der Waals surface area contributed by atoms with Crippen LogP contribution in [0.4, 0.5) is 0 Å². The maximum atomic E-state index is 12.4. The van der Waals surface area contributed by atoms with Crippen LogP contribution < -0.4 is 0 Å². The second-order valence-corrected chi connectivity index (χ2v) is 7.62.